The Morgan fingerprint density at radius 2 is 1.55 bits per heavy atom. The lowest BCUT2D eigenvalue weighted by molar-refractivity contribution is -0.301. The van der Waals surface area contributed by atoms with Gasteiger partial charge in [0.05, 0.1) is 11.7 Å². The van der Waals surface area contributed by atoms with Crippen molar-refractivity contribution < 1.29 is 33.9 Å². The van der Waals surface area contributed by atoms with E-state index in [0.29, 0.717) is 5.13 Å². The highest BCUT2D eigenvalue weighted by molar-refractivity contribution is 8.00. The van der Waals surface area contributed by atoms with E-state index in [1.165, 1.54) is 37.1 Å². The first-order valence-electron chi connectivity index (χ1n) is 15.1. The van der Waals surface area contributed by atoms with Gasteiger partial charge in [-0.3, -0.25) is 19.3 Å². The molecule has 0 bridgehead atoms. The number of esters is 1. The number of carboxylic acid groups (broad SMARTS) is 1. The number of nitrogens with one attached hydrogen (secondary N) is 2. The molecule has 49 heavy (non-hydrogen) atoms. The summed E-state index contributed by atoms with van der Waals surface area (Å²) >= 11 is 2.50. The molecule has 2 aliphatic rings. The molecule has 0 saturated carbocycles. The molecule has 6 rings (SSSR count). The molecule has 0 unspecified atom stereocenters. The van der Waals surface area contributed by atoms with Crippen LogP contribution >= 0.6 is 23.1 Å². The van der Waals surface area contributed by atoms with Crippen LogP contribution in [0.2, 0.25) is 0 Å². The number of benzene rings is 3. The number of hydrogen-bond acceptors (Lipinski definition) is 12. The zero-order valence-corrected chi connectivity index (χ0v) is 28.0. The van der Waals surface area contributed by atoms with Crippen molar-refractivity contribution in [2.75, 3.05) is 24.8 Å². The lowest BCUT2D eigenvalue weighted by Gasteiger charge is -2.50. The molecule has 4 aromatic rings. The van der Waals surface area contributed by atoms with Gasteiger partial charge in [-0.2, -0.15) is 0 Å². The number of β-lactam (4-membered cyclic amide) rings is 1. The lowest BCUT2D eigenvalue weighted by atomic mass is 9.77. The Labute approximate surface area is 289 Å². The van der Waals surface area contributed by atoms with E-state index in [0.717, 1.165) is 21.6 Å². The number of oxime groups is 1. The number of carbonyl (C=O) groups is 4. The number of carboxylic acids is 1. The van der Waals surface area contributed by atoms with Crippen molar-refractivity contribution in [3.8, 4) is 0 Å². The average molecular weight is 697 g/mol. The highest BCUT2D eigenvalue weighted by atomic mass is 32.2. The monoisotopic (exact) mass is 696 g/mol. The highest BCUT2D eigenvalue weighted by Crippen LogP contribution is 2.42. The molecule has 0 spiro atoms. The van der Waals surface area contributed by atoms with Gasteiger partial charge in [0.2, 0.25) is 0 Å². The SMILES string of the molecule is CO/N=C(\C(=O)N[C@@H]1C(=O)N2C(C(=O)[O-])=C(COC(C)=O)CS[C@H]12)c1csc(NC(c2ccccc2)(c2ccccc2)c2ccccc2)n1. The first-order valence-corrected chi connectivity index (χ1v) is 17.0. The van der Waals surface area contributed by atoms with Crippen LogP contribution in [-0.2, 0) is 34.3 Å². The summed E-state index contributed by atoms with van der Waals surface area (Å²) in [5.41, 5.74) is 1.93. The van der Waals surface area contributed by atoms with E-state index in [1.54, 1.807) is 5.38 Å². The summed E-state index contributed by atoms with van der Waals surface area (Å²) in [6.07, 6.45) is 0. The van der Waals surface area contributed by atoms with Gasteiger partial charge in [-0.05, 0) is 16.7 Å². The first kappa shape index (κ1) is 33.4. The fourth-order valence-electron chi connectivity index (χ4n) is 5.86. The maximum absolute atomic E-state index is 13.6. The van der Waals surface area contributed by atoms with Gasteiger partial charge in [0, 0.05) is 23.6 Å². The second-order valence-corrected chi connectivity index (χ2v) is 13.0. The highest BCUT2D eigenvalue weighted by Gasteiger charge is 2.53. The summed E-state index contributed by atoms with van der Waals surface area (Å²) in [6, 6.07) is 28.8. The van der Waals surface area contributed by atoms with Gasteiger partial charge in [-0.25, -0.2) is 4.98 Å². The van der Waals surface area contributed by atoms with Crippen LogP contribution in [0, 0.1) is 0 Å². The molecule has 0 radical (unpaired) electrons. The Morgan fingerprint density at radius 3 is 2.06 bits per heavy atom. The number of nitrogens with zero attached hydrogens (tertiary/aromatic N) is 3. The third-order valence-electron chi connectivity index (χ3n) is 8.04. The van der Waals surface area contributed by atoms with Crippen molar-refractivity contribution in [2.24, 2.45) is 5.16 Å². The van der Waals surface area contributed by atoms with E-state index in [2.05, 4.69) is 15.8 Å². The predicted molar refractivity (Wildman–Crippen MR) is 182 cm³/mol. The number of thiazole rings is 1. The van der Waals surface area contributed by atoms with E-state index < -0.39 is 40.7 Å². The second-order valence-electron chi connectivity index (χ2n) is 11.0. The first-order chi connectivity index (χ1) is 23.7. The van der Waals surface area contributed by atoms with E-state index in [9.17, 15) is 24.3 Å². The topological polar surface area (TPSA) is 162 Å². The Hall–Kier alpha value is -5.47. The molecular formula is C35H30N5O7S2-. The van der Waals surface area contributed by atoms with Gasteiger partial charge in [0.1, 0.15) is 36.4 Å². The van der Waals surface area contributed by atoms with Gasteiger partial charge in [0.25, 0.3) is 11.8 Å². The van der Waals surface area contributed by atoms with Crippen LogP contribution in [0.3, 0.4) is 0 Å². The van der Waals surface area contributed by atoms with Crippen molar-refractivity contribution in [2.45, 2.75) is 23.9 Å². The van der Waals surface area contributed by atoms with Gasteiger partial charge in [-0.15, -0.1) is 23.1 Å². The standard InChI is InChI=1S/C35H31N5O7S2/c1-21(41)47-18-22-19-48-32-28(31(43)40(32)29(22)33(44)45)37-30(42)27(39-46-2)26-20-49-34(36-26)38-35(23-12-6-3-7-13-23,24-14-8-4-9-15-24)25-16-10-5-11-17-25/h3-17,20,28,32H,18-19H2,1-2H3,(H,36,38)(H,37,42)(H,44,45)/p-1/b39-27-/t28-,32-/m1/s1. The maximum Gasteiger partial charge on any atom is 0.302 e. The Morgan fingerprint density at radius 1 is 0.980 bits per heavy atom. The van der Waals surface area contributed by atoms with Gasteiger partial charge in [-0.1, -0.05) is 96.2 Å². The number of carbonyl (C=O) groups excluding carboxylic acids is 4. The van der Waals surface area contributed by atoms with Crippen LogP contribution in [0.25, 0.3) is 0 Å². The molecule has 3 aromatic carbocycles. The van der Waals surface area contributed by atoms with Gasteiger partial charge in [0.15, 0.2) is 10.8 Å². The molecule has 12 nitrogen and oxygen atoms in total. The summed E-state index contributed by atoms with van der Waals surface area (Å²) in [6.45, 7) is 0.912. The molecule has 2 N–H and O–H groups in total. The van der Waals surface area contributed by atoms with Gasteiger partial charge < -0.3 is 30.1 Å². The fourth-order valence-corrected chi connectivity index (χ4v) is 7.94. The number of anilines is 1. The third kappa shape index (κ3) is 6.52. The second kappa shape index (κ2) is 14.3. The molecule has 2 atom stereocenters. The molecule has 0 aliphatic carbocycles. The largest absolute Gasteiger partial charge is 0.543 e. The summed E-state index contributed by atoms with van der Waals surface area (Å²) in [7, 11) is 1.29. The third-order valence-corrected chi connectivity index (χ3v) is 10.1. The van der Waals surface area contributed by atoms with E-state index >= 15 is 0 Å². The number of hydrogen-bond donors (Lipinski definition) is 2. The van der Waals surface area contributed by atoms with Crippen LogP contribution in [-0.4, -0.2) is 70.2 Å². The number of thioether (sulfide) groups is 1. The van der Waals surface area contributed by atoms with Crippen molar-refractivity contribution in [1.29, 1.82) is 0 Å². The van der Waals surface area contributed by atoms with Crippen LogP contribution in [0.5, 0.6) is 0 Å². The van der Waals surface area contributed by atoms with Crippen LogP contribution in [0.15, 0.2) is 113 Å². The predicted octanol–water partition coefficient (Wildman–Crippen LogP) is 2.86. The number of aromatic nitrogens is 1. The van der Waals surface area contributed by atoms with E-state index in [1.807, 2.05) is 91.0 Å². The summed E-state index contributed by atoms with van der Waals surface area (Å²) in [5, 5.41) is 23.7. The summed E-state index contributed by atoms with van der Waals surface area (Å²) < 4.78 is 4.96. The van der Waals surface area contributed by atoms with Crippen molar-refractivity contribution in [3.05, 3.63) is 130 Å². The number of ether oxygens (including phenoxy) is 1. The zero-order valence-electron chi connectivity index (χ0n) is 26.3. The van der Waals surface area contributed by atoms with Crippen LogP contribution in [0.1, 0.15) is 29.3 Å². The van der Waals surface area contributed by atoms with Crippen LogP contribution in [0.4, 0.5) is 5.13 Å². The molecule has 1 saturated heterocycles. The number of rotatable bonds is 12. The average Bonchev–Trinajstić information content (AvgIpc) is 3.59. The molecule has 1 fully saturated rings. The molecule has 2 amide bonds. The molecular weight excluding hydrogens is 667 g/mol. The van der Waals surface area contributed by atoms with E-state index in [4.69, 9.17) is 14.6 Å². The van der Waals surface area contributed by atoms with E-state index in [-0.39, 0.29) is 35.0 Å². The fraction of sp³-hybridized carbons (Fsp3) is 0.200. The molecule has 14 heteroatoms. The maximum atomic E-state index is 13.6. The lowest BCUT2D eigenvalue weighted by Crippen LogP contribution is -2.71. The Kier molecular flexibility index (Phi) is 9.78. The van der Waals surface area contributed by atoms with Crippen molar-refractivity contribution in [3.63, 3.8) is 0 Å². The number of amides is 2. The van der Waals surface area contributed by atoms with Crippen molar-refractivity contribution >= 4 is 57.7 Å². The summed E-state index contributed by atoms with van der Waals surface area (Å²) in [5.74, 6) is -3.40. The Bertz CT molecular complexity index is 1840. The minimum atomic E-state index is -1.58. The molecule has 250 valence electrons. The van der Waals surface area contributed by atoms with Crippen molar-refractivity contribution in [1.82, 2.24) is 15.2 Å². The molecule has 1 aromatic heterocycles. The number of aliphatic carboxylic acids is 1. The Balaban J connectivity index is 1.27. The smallest absolute Gasteiger partial charge is 0.302 e. The quantitative estimate of drug-likeness (QED) is 0.0741. The normalized spacial score (nSPS) is 17.5. The zero-order chi connectivity index (χ0) is 34.5. The number of fused-ring (bicyclic) bond motifs is 1. The minimum absolute atomic E-state index is 0.156. The minimum Gasteiger partial charge on any atom is -0.543 e. The van der Waals surface area contributed by atoms with Crippen LogP contribution < -0.4 is 15.7 Å². The molecule has 3 heterocycles. The van der Waals surface area contributed by atoms with Gasteiger partial charge >= 0.3 is 5.97 Å². The molecule has 2 aliphatic heterocycles. The summed E-state index contributed by atoms with van der Waals surface area (Å²) in [4.78, 5) is 60.9.